The Bertz CT molecular complexity index is 1350. The Kier molecular flexibility index (Phi) is 9.45. The molecule has 0 aliphatic heterocycles. The van der Waals surface area contributed by atoms with Gasteiger partial charge in [-0.3, -0.25) is 9.59 Å². The Hall–Kier alpha value is -4.46. The van der Waals surface area contributed by atoms with Gasteiger partial charge in [0.25, 0.3) is 11.8 Å². The number of aromatic nitrogens is 2. The van der Waals surface area contributed by atoms with Gasteiger partial charge in [0.05, 0.1) is 19.1 Å². The lowest BCUT2D eigenvalue weighted by Gasteiger charge is -2.22. The largest absolute Gasteiger partial charge is 0.466 e. The lowest BCUT2D eigenvalue weighted by Crippen LogP contribution is -2.26. The van der Waals surface area contributed by atoms with Crippen molar-refractivity contribution in [2.45, 2.75) is 39.7 Å². The van der Waals surface area contributed by atoms with Crippen molar-refractivity contribution in [3.8, 4) is 22.8 Å². The summed E-state index contributed by atoms with van der Waals surface area (Å²) in [4.78, 5) is 28.4. The molecule has 8 heteroatoms. The number of esters is 1. The number of carbonyl (C=O) groups excluding carboxylic acids is 2. The molecule has 0 saturated heterocycles. The molecule has 8 nitrogen and oxygen atoms in total. The lowest BCUT2D eigenvalue weighted by molar-refractivity contribution is -0.142. The molecule has 1 atom stereocenters. The summed E-state index contributed by atoms with van der Waals surface area (Å²) in [5, 5.41) is 10.5. The minimum Gasteiger partial charge on any atom is -0.466 e. The molecule has 2 N–H and O–H groups in total. The van der Waals surface area contributed by atoms with Gasteiger partial charge >= 0.3 is 5.97 Å². The molecule has 1 amide bonds. The molecule has 1 aromatic heterocycles. The Morgan fingerprint density at radius 2 is 1.64 bits per heavy atom. The predicted octanol–water partition coefficient (Wildman–Crippen LogP) is 6.29. The van der Waals surface area contributed by atoms with Crippen LogP contribution in [0.5, 0.6) is 0 Å². The molecule has 0 unspecified atom stereocenters. The van der Waals surface area contributed by atoms with Gasteiger partial charge in [-0.15, -0.1) is 0 Å². The van der Waals surface area contributed by atoms with Gasteiger partial charge in [-0.05, 0) is 61.2 Å². The number of nitrogens with one attached hydrogen (secondary N) is 2. The van der Waals surface area contributed by atoms with Crippen molar-refractivity contribution < 1.29 is 18.8 Å². The molecule has 4 aromatic rings. The molecular formula is C31H34N4O4. The zero-order valence-electron chi connectivity index (χ0n) is 22.5. The van der Waals surface area contributed by atoms with Crippen LogP contribution in [0.3, 0.4) is 0 Å². The van der Waals surface area contributed by atoms with Crippen molar-refractivity contribution in [3.05, 3.63) is 90.0 Å². The maximum absolute atomic E-state index is 12.4. The Balaban J connectivity index is 1.40. The molecule has 0 fully saturated rings. The van der Waals surface area contributed by atoms with Crippen LogP contribution >= 0.6 is 0 Å². The zero-order valence-corrected chi connectivity index (χ0v) is 22.5. The van der Waals surface area contributed by atoms with E-state index in [1.807, 2.05) is 54.6 Å². The second-order valence-corrected chi connectivity index (χ2v) is 9.63. The molecule has 0 aliphatic rings. The Morgan fingerprint density at radius 3 is 2.31 bits per heavy atom. The first-order valence-electron chi connectivity index (χ1n) is 13.2. The van der Waals surface area contributed by atoms with Crippen molar-refractivity contribution in [1.82, 2.24) is 15.5 Å². The topological polar surface area (TPSA) is 106 Å². The highest BCUT2D eigenvalue weighted by Crippen LogP contribution is 2.29. The van der Waals surface area contributed by atoms with Crippen molar-refractivity contribution in [3.63, 3.8) is 0 Å². The molecule has 0 aliphatic carbocycles. The van der Waals surface area contributed by atoms with E-state index in [0.717, 1.165) is 28.8 Å². The molecule has 202 valence electrons. The van der Waals surface area contributed by atoms with E-state index in [1.165, 1.54) is 0 Å². The van der Waals surface area contributed by atoms with E-state index >= 15 is 0 Å². The highest BCUT2D eigenvalue weighted by atomic mass is 16.5. The normalized spacial score (nSPS) is 11.7. The van der Waals surface area contributed by atoms with Crippen molar-refractivity contribution >= 4 is 17.6 Å². The molecule has 3 aromatic carbocycles. The average molecular weight is 527 g/mol. The third-order valence-electron chi connectivity index (χ3n) is 6.13. The third-order valence-corrected chi connectivity index (χ3v) is 6.13. The summed E-state index contributed by atoms with van der Waals surface area (Å²) in [6.45, 7) is 6.71. The van der Waals surface area contributed by atoms with Crippen LogP contribution in [0, 0.1) is 5.92 Å². The van der Waals surface area contributed by atoms with Crippen molar-refractivity contribution in [2.75, 3.05) is 18.5 Å². The van der Waals surface area contributed by atoms with Gasteiger partial charge in [0.15, 0.2) is 0 Å². The van der Waals surface area contributed by atoms with Crippen LogP contribution < -0.4 is 10.6 Å². The molecule has 0 spiro atoms. The molecule has 0 radical (unpaired) electrons. The lowest BCUT2D eigenvalue weighted by atomic mass is 9.95. The fraction of sp³-hybridized carbons (Fsp3) is 0.290. The van der Waals surface area contributed by atoms with Gasteiger partial charge in [-0.2, -0.15) is 4.98 Å². The molecular weight excluding hydrogens is 492 g/mol. The number of benzene rings is 3. The summed E-state index contributed by atoms with van der Waals surface area (Å²) in [6, 6.07) is 25.3. The monoisotopic (exact) mass is 526 g/mol. The first kappa shape index (κ1) is 27.6. The molecule has 0 bridgehead atoms. The summed E-state index contributed by atoms with van der Waals surface area (Å²) in [6.07, 6.45) is 1.08. The molecule has 0 saturated carbocycles. The number of anilines is 1. The zero-order chi connectivity index (χ0) is 27.6. The van der Waals surface area contributed by atoms with E-state index in [1.54, 1.807) is 19.1 Å². The standard InChI is InChI=1S/C31H34N4O4/c1-4-38-28(36)18-19-32-30(37)24-14-16-26(17-15-24)33-27(20-21(2)3)22-10-12-23(13-11-22)29-34-31(39-35-29)25-8-6-5-7-9-25/h5-17,21,27,33H,4,18-20H2,1-3H3,(H,32,37)/t27-/m1/s1. The van der Waals surface area contributed by atoms with E-state index in [9.17, 15) is 9.59 Å². The smallest absolute Gasteiger partial charge is 0.307 e. The quantitative estimate of drug-likeness (QED) is 0.209. The number of rotatable bonds is 12. The minimum atomic E-state index is -0.323. The fourth-order valence-electron chi connectivity index (χ4n) is 4.19. The van der Waals surface area contributed by atoms with Crippen LogP contribution in [0.25, 0.3) is 22.8 Å². The first-order valence-corrected chi connectivity index (χ1v) is 13.2. The van der Waals surface area contributed by atoms with Crippen molar-refractivity contribution in [1.29, 1.82) is 0 Å². The number of hydrogen-bond acceptors (Lipinski definition) is 7. The minimum absolute atomic E-state index is 0.0773. The van der Waals surface area contributed by atoms with Gasteiger partial charge < -0.3 is 19.9 Å². The van der Waals surface area contributed by atoms with Gasteiger partial charge in [-0.1, -0.05) is 61.5 Å². The third kappa shape index (κ3) is 7.77. The van der Waals surface area contributed by atoms with Gasteiger partial charge in [0.1, 0.15) is 0 Å². The van der Waals surface area contributed by atoms with Gasteiger partial charge in [0, 0.05) is 28.9 Å². The maximum Gasteiger partial charge on any atom is 0.307 e. The van der Waals surface area contributed by atoms with E-state index in [4.69, 9.17) is 9.26 Å². The average Bonchev–Trinajstić information content (AvgIpc) is 3.44. The maximum atomic E-state index is 12.4. The second kappa shape index (κ2) is 13.4. The van der Waals surface area contributed by atoms with Gasteiger partial charge in [0.2, 0.25) is 5.82 Å². The summed E-state index contributed by atoms with van der Waals surface area (Å²) >= 11 is 0. The highest BCUT2D eigenvalue weighted by molar-refractivity contribution is 5.94. The Morgan fingerprint density at radius 1 is 0.923 bits per heavy atom. The summed E-state index contributed by atoms with van der Waals surface area (Å²) in [5.74, 6) is 0.958. The van der Waals surface area contributed by atoms with Gasteiger partial charge in [-0.25, -0.2) is 0 Å². The first-order chi connectivity index (χ1) is 18.9. The van der Waals surface area contributed by atoms with Crippen LogP contribution in [-0.4, -0.2) is 35.2 Å². The summed E-state index contributed by atoms with van der Waals surface area (Å²) in [5.41, 5.74) is 4.35. The predicted molar refractivity (Wildman–Crippen MR) is 151 cm³/mol. The number of nitrogens with zero attached hydrogens (tertiary/aromatic N) is 2. The Labute approximate surface area is 228 Å². The van der Waals surface area contributed by atoms with E-state index in [0.29, 0.717) is 29.8 Å². The van der Waals surface area contributed by atoms with E-state index in [-0.39, 0.29) is 30.9 Å². The van der Waals surface area contributed by atoms with Crippen LogP contribution in [0.4, 0.5) is 5.69 Å². The SMILES string of the molecule is CCOC(=O)CCNC(=O)c1ccc(N[C@H](CC(C)C)c2ccc(-c3noc(-c4ccccc4)n3)cc2)cc1. The van der Waals surface area contributed by atoms with Crippen LogP contribution in [0.2, 0.25) is 0 Å². The summed E-state index contributed by atoms with van der Waals surface area (Å²) in [7, 11) is 0. The van der Waals surface area contributed by atoms with Crippen molar-refractivity contribution in [2.24, 2.45) is 5.92 Å². The summed E-state index contributed by atoms with van der Waals surface area (Å²) < 4.78 is 10.3. The van der Waals surface area contributed by atoms with E-state index < -0.39 is 0 Å². The number of carbonyl (C=O) groups is 2. The molecule has 4 rings (SSSR count). The number of ether oxygens (including phenoxy) is 1. The van der Waals surface area contributed by atoms with Crippen LogP contribution in [0.15, 0.2) is 83.4 Å². The second-order valence-electron chi connectivity index (χ2n) is 9.63. The molecule has 1 heterocycles. The number of hydrogen-bond donors (Lipinski definition) is 2. The van der Waals surface area contributed by atoms with Crippen LogP contribution in [-0.2, 0) is 9.53 Å². The number of amides is 1. The van der Waals surface area contributed by atoms with E-state index in [2.05, 4.69) is 46.8 Å². The van der Waals surface area contributed by atoms with Crippen LogP contribution in [0.1, 0.15) is 55.6 Å². The highest BCUT2D eigenvalue weighted by Gasteiger charge is 2.16. The molecule has 39 heavy (non-hydrogen) atoms. The fourth-order valence-corrected chi connectivity index (χ4v) is 4.19.